The van der Waals surface area contributed by atoms with Gasteiger partial charge < -0.3 is 0 Å². The van der Waals surface area contributed by atoms with E-state index in [-0.39, 0.29) is 5.41 Å². The van der Waals surface area contributed by atoms with Gasteiger partial charge in [0, 0.05) is 4.47 Å². The van der Waals surface area contributed by atoms with E-state index in [4.69, 9.17) is 5.26 Å². The molecule has 0 bridgehead atoms. The first-order chi connectivity index (χ1) is 6.59. The molecular weight excluding hydrogens is 238 g/mol. The van der Waals surface area contributed by atoms with Gasteiger partial charge in [-0.2, -0.15) is 5.26 Å². The van der Waals surface area contributed by atoms with Crippen LogP contribution in [0.3, 0.4) is 0 Å². The first kappa shape index (κ1) is 9.73. The van der Waals surface area contributed by atoms with Gasteiger partial charge in [0.15, 0.2) is 0 Å². The summed E-state index contributed by atoms with van der Waals surface area (Å²) in [4.78, 5) is 0. The normalized spacial score (nSPS) is 17.6. The van der Waals surface area contributed by atoms with Crippen LogP contribution in [0.2, 0.25) is 0 Å². The first-order valence-corrected chi connectivity index (χ1v) is 5.57. The minimum atomic E-state index is -0.166. The van der Waals surface area contributed by atoms with Gasteiger partial charge in [-0.15, -0.1) is 0 Å². The molecule has 0 radical (unpaired) electrons. The van der Waals surface area contributed by atoms with Gasteiger partial charge >= 0.3 is 0 Å². The highest BCUT2D eigenvalue weighted by molar-refractivity contribution is 9.10. The Morgan fingerprint density at radius 1 is 1.36 bits per heavy atom. The molecule has 0 aliphatic heterocycles. The van der Waals surface area contributed by atoms with E-state index >= 15 is 0 Å². The molecule has 0 atom stereocenters. The summed E-state index contributed by atoms with van der Waals surface area (Å²) in [7, 11) is 0. The maximum atomic E-state index is 9.10. The predicted molar refractivity (Wildman–Crippen MR) is 60.1 cm³/mol. The molecule has 1 aromatic carbocycles. The van der Waals surface area contributed by atoms with E-state index in [1.54, 1.807) is 0 Å². The van der Waals surface area contributed by atoms with Crippen molar-refractivity contribution >= 4 is 15.9 Å². The van der Waals surface area contributed by atoms with Gasteiger partial charge in [0.1, 0.15) is 0 Å². The molecule has 1 saturated carbocycles. The summed E-state index contributed by atoms with van der Waals surface area (Å²) in [6.45, 7) is 4.19. The fourth-order valence-corrected chi connectivity index (χ4v) is 2.24. The smallest absolute Gasteiger partial charge is 0.0824 e. The van der Waals surface area contributed by atoms with Crippen LogP contribution >= 0.6 is 15.9 Å². The van der Waals surface area contributed by atoms with Crippen LogP contribution in [-0.2, 0) is 5.41 Å². The summed E-state index contributed by atoms with van der Waals surface area (Å²) in [5.74, 6) is 0. The number of benzene rings is 1. The lowest BCUT2D eigenvalue weighted by Gasteiger charge is -2.11. The average molecular weight is 250 g/mol. The van der Waals surface area contributed by atoms with Crippen LogP contribution in [0.5, 0.6) is 0 Å². The second-order valence-corrected chi connectivity index (χ2v) is 4.95. The molecule has 2 rings (SSSR count). The Kier molecular flexibility index (Phi) is 2.16. The maximum absolute atomic E-state index is 9.10. The van der Waals surface area contributed by atoms with Crippen LogP contribution < -0.4 is 0 Å². The van der Waals surface area contributed by atoms with E-state index in [1.807, 2.05) is 0 Å². The predicted octanol–water partition coefficient (Wildman–Crippen LogP) is 3.62. The van der Waals surface area contributed by atoms with Crippen molar-refractivity contribution in [3.05, 3.63) is 33.3 Å². The zero-order valence-corrected chi connectivity index (χ0v) is 9.98. The molecule has 0 heterocycles. The molecule has 0 aromatic heterocycles. The van der Waals surface area contributed by atoms with Crippen molar-refractivity contribution < 1.29 is 0 Å². The number of nitrogens with zero attached hydrogens (tertiary/aromatic N) is 1. The van der Waals surface area contributed by atoms with Crippen molar-refractivity contribution in [2.75, 3.05) is 0 Å². The molecule has 0 amide bonds. The van der Waals surface area contributed by atoms with E-state index in [0.29, 0.717) is 0 Å². The molecular formula is C12H12BrN. The van der Waals surface area contributed by atoms with Crippen molar-refractivity contribution in [1.29, 1.82) is 5.26 Å². The van der Waals surface area contributed by atoms with Crippen molar-refractivity contribution in [2.45, 2.75) is 32.1 Å². The number of hydrogen-bond donors (Lipinski definition) is 0. The van der Waals surface area contributed by atoms with Crippen molar-refractivity contribution in [3.8, 4) is 6.07 Å². The van der Waals surface area contributed by atoms with Crippen molar-refractivity contribution in [3.63, 3.8) is 0 Å². The van der Waals surface area contributed by atoms with Crippen LogP contribution in [0, 0.1) is 25.2 Å². The maximum Gasteiger partial charge on any atom is 0.0824 e. The lowest BCUT2D eigenvalue weighted by molar-refractivity contribution is 0.902. The summed E-state index contributed by atoms with van der Waals surface area (Å²) in [5, 5.41) is 9.10. The van der Waals surface area contributed by atoms with E-state index < -0.39 is 0 Å². The Bertz CT molecular complexity index is 401. The van der Waals surface area contributed by atoms with Crippen molar-refractivity contribution in [2.24, 2.45) is 0 Å². The Labute approximate surface area is 92.9 Å². The van der Waals surface area contributed by atoms with E-state index in [1.165, 1.54) is 16.7 Å². The SMILES string of the molecule is Cc1cc(C2(C#N)CC2)cc(Br)c1C. The Morgan fingerprint density at radius 2 is 2.00 bits per heavy atom. The molecule has 72 valence electrons. The summed E-state index contributed by atoms with van der Waals surface area (Å²) >= 11 is 3.54. The quantitative estimate of drug-likeness (QED) is 0.746. The zero-order valence-electron chi connectivity index (χ0n) is 8.39. The highest BCUT2D eigenvalue weighted by Gasteiger charge is 2.45. The van der Waals surface area contributed by atoms with E-state index in [0.717, 1.165) is 17.3 Å². The van der Waals surface area contributed by atoms with Crippen LogP contribution in [0.25, 0.3) is 0 Å². The number of rotatable bonds is 1. The third-order valence-electron chi connectivity index (χ3n) is 3.12. The van der Waals surface area contributed by atoms with Crippen LogP contribution in [0.15, 0.2) is 16.6 Å². The van der Waals surface area contributed by atoms with Crippen LogP contribution in [0.4, 0.5) is 0 Å². The lowest BCUT2D eigenvalue weighted by Crippen LogP contribution is -2.03. The first-order valence-electron chi connectivity index (χ1n) is 4.77. The summed E-state index contributed by atoms with van der Waals surface area (Å²) in [6.07, 6.45) is 2.02. The molecule has 1 nitrogen and oxygen atoms in total. The van der Waals surface area contributed by atoms with E-state index in [2.05, 4.69) is 48.0 Å². The highest BCUT2D eigenvalue weighted by Crippen LogP contribution is 2.48. The van der Waals surface area contributed by atoms with Gasteiger partial charge in [0.05, 0.1) is 11.5 Å². The van der Waals surface area contributed by atoms with Gasteiger partial charge in [-0.05, 0) is 49.4 Å². The zero-order chi connectivity index (χ0) is 10.3. The van der Waals surface area contributed by atoms with Gasteiger partial charge in [-0.3, -0.25) is 0 Å². The lowest BCUT2D eigenvalue weighted by atomic mass is 9.94. The molecule has 1 aliphatic carbocycles. The number of halogens is 1. The van der Waals surface area contributed by atoms with Gasteiger partial charge in [-0.25, -0.2) is 0 Å². The molecule has 1 fully saturated rings. The van der Waals surface area contributed by atoms with Gasteiger partial charge in [0.2, 0.25) is 0 Å². The molecule has 0 unspecified atom stereocenters. The van der Waals surface area contributed by atoms with Gasteiger partial charge in [0.25, 0.3) is 0 Å². The fourth-order valence-electron chi connectivity index (χ4n) is 1.68. The third-order valence-corrected chi connectivity index (χ3v) is 3.94. The van der Waals surface area contributed by atoms with Crippen LogP contribution in [-0.4, -0.2) is 0 Å². The fraction of sp³-hybridized carbons (Fsp3) is 0.417. The van der Waals surface area contributed by atoms with Crippen molar-refractivity contribution in [1.82, 2.24) is 0 Å². The number of nitriles is 1. The standard InChI is InChI=1S/C12H12BrN/c1-8-5-10(6-11(13)9(8)2)12(7-14)3-4-12/h5-6H,3-4H2,1-2H3. The minimum Gasteiger partial charge on any atom is -0.197 e. The van der Waals surface area contributed by atoms with Gasteiger partial charge in [-0.1, -0.05) is 22.0 Å². The number of aryl methyl sites for hydroxylation is 1. The van der Waals surface area contributed by atoms with E-state index in [9.17, 15) is 0 Å². The molecule has 0 N–H and O–H groups in total. The van der Waals surface area contributed by atoms with Crippen LogP contribution in [0.1, 0.15) is 29.5 Å². The minimum absolute atomic E-state index is 0.166. The monoisotopic (exact) mass is 249 g/mol. The Hall–Kier alpha value is -0.810. The second-order valence-electron chi connectivity index (χ2n) is 4.09. The Morgan fingerprint density at radius 3 is 2.43 bits per heavy atom. The summed E-state index contributed by atoms with van der Waals surface area (Å²) < 4.78 is 1.12. The molecule has 0 saturated heterocycles. The third kappa shape index (κ3) is 1.36. The molecule has 1 aromatic rings. The topological polar surface area (TPSA) is 23.8 Å². The molecule has 1 aliphatic rings. The largest absolute Gasteiger partial charge is 0.197 e. The Balaban J connectivity index is 2.53. The molecule has 0 spiro atoms. The second kappa shape index (κ2) is 3.10. The summed E-state index contributed by atoms with van der Waals surface area (Å²) in [5.41, 5.74) is 3.54. The highest BCUT2D eigenvalue weighted by atomic mass is 79.9. The molecule has 2 heteroatoms. The average Bonchev–Trinajstić information content (AvgIpc) is 2.94. The summed E-state index contributed by atoms with van der Waals surface area (Å²) in [6, 6.07) is 6.67. The molecule has 14 heavy (non-hydrogen) atoms. The number of hydrogen-bond acceptors (Lipinski definition) is 1.